The Balaban J connectivity index is 2.29. The van der Waals surface area contributed by atoms with E-state index >= 15 is 0 Å². The second kappa shape index (κ2) is 5.37. The first-order valence-corrected chi connectivity index (χ1v) is 6.18. The Hall–Kier alpha value is -1.27. The highest BCUT2D eigenvalue weighted by atomic mass is 79.9. The number of pyridine rings is 1. The smallest absolute Gasteiger partial charge is 0.231 e. The Morgan fingerprint density at radius 1 is 1.47 bits per heavy atom. The van der Waals surface area contributed by atoms with E-state index in [2.05, 4.69) is 31.1 Å². The standard InChI is InChI=1S/C11H13BrN4O/c1-2-7(4-13)11-15-10(16-17-11)8-3-9(12)6-14-5-8/h3,5-7H,2,4,13H2,1H3. The third-order valence-corrected chi connectivity index (χ3v) is 2.97. The molecule has 2 aromatic rings. The molecule has 0 fully saturated rings. The summed E-state index contributed by atoms with van der Waals surface area (Å²) >= 11 is 3.35. The largest absolute Gasteiger partial charge is 0.339 e. The number of hydrogen-bond acceptors (Lipinski definition) is 5. The molecule has 0 aromatic carbocycles. The zero-order valence-electron chi connectivity index (χ0n) is 9.43. The lowest BCUT2D eigenvalue weighted by Gasteiger charge is -2.04. The minimum absolute atomic E-state index is 0.122. The predicted octanol–water partition coefficient (Wildman–Crippen LogP) is 2.35. The van der Waals surface area contributed by atoms with E-state index in [1.807, 2.05) is 13.0 Å². The number of aromatic nitrogens is 3. The zero-order valence-corrected chi connectivity index (χ0v) is 11.0. The maximum atomic E-state index is 5.64. The van der Waals surface area contributed by atoms with Crippen molar-refractivity contribution >= 4 is 15.9 Å². The van der Waals surface area contributed by atoms with E-state index in [1.54, 1.807) is 12.4 Å². The summed E-state index contributed by atoms with van der Waals surface area (Å²) in [6.07, 6.45) is 4.29. The second-order valence-corrected chi connectivity index (χ2v) is 4.60. The molecule has 0 spiro atoms. The molecule has 0 aliphatic heterocycles. The highest BCUT2D eigenvalue weighted by Gasteiger charge is 2.16. The van der Waals surface area contributed by atoms with Crippen molar-refractivity contribution in [3.8, 4) is 11.4 Å². The summed E-state index contributed by atoms with van der Waals surface area (Å²) in [6.45, 7) is 2.55. The molecule has 90 valence electrons. The number of nitrogens with two attached hydrogens (primary N) is 1. The van der Waals surface area contributed by atoms with Crippen molar-refractivity contribution in [3.05, 3.63) is 28.8 Å². The molecular weight excluding hydrogens is 284 g/mol. The summed E-state index contributed by atoms with van der Waals surface area (Å²) in [4.78, 5) is 8.41. The van der Waals surface area contributed by atoms with E-state index in [9.17, 15) is 0 Å². The van der Waals surface area contributed by atoms with Crippen LogP contribution in [-0.4, -0.2) is 21.7 Å². The van der Waals surface area contributed by atoms with Gasteiger partial charge < -0.3 is 10.3 Å². The fourth-order valence-corrected chi connectivity index (χ4v) is 1.86. The van der Waals surface area contributed by atoms with Crippen molar-refractivity contribution in [2.24, 2.45) is 5.73 Å². The molecule has 5 nitrogen and oxygen atoms in total. The van der Waals surface area contributed by atoms with Gasteiger partial charge in [0.05, 0.1) is 5.92 Å². The maximum absolute atomic E-state index is 5.64. The minimum Gasteiger partial charge on any atom is -0.339 e. The van der Waals surface area contributed by atoms with Crippen LogP contribution in [0.3, 0.4) is 0 Å². The molecule has 2 heterocycles. The fourth-order valence-electron chi connectivity index (χ4n) is 1.49. The average molecular weight is 297 g/mol. The molecule has 2 N–H and O–H groups in total. The Kier molecular flexibility index (Phi) is 3.86. The molecule has 2 rings (SSSR count). The van der Waals surface area contributed by atoms with E-state index < -0.39 is 0 Å². The van der Waals surface area contributed by atoms with Gasteiger partial charge in [-0.15, -0.1) is 0 Å². The molecule has 1 unspecified atom stereocenters. The summed E-state index contributed by atoms with van der Waals surface area (Å²) in [7, 11) is 0. The van der Waals surface area contributed by atoms with Crippen molar-refractivity contribution in [2.45, 2.75) is 19.3 Å². The Bertz CT molecular complexity index is 496. The Morgan fingerprint density at radius 3 is 2.94 bits per heavy atom. The van der Waals surface area contributed by atoms with E-state index in [4.69, 9.17) is 10.3 Å². The molecule has 0 bridgehead atoms. The maximum Gasteiger partial charge on any atom is 0.231 e. The van der Waals surface area contributed by atoms with E-state index in [1.165, 1.54) is 0 Å². The Labute approximate surface area is 108 Å². The van der Waals surface area contributed by atoms with Gasteiger partial charge in [0.15, 0.2) is 0 Å². The monoisotopic (exact) mass is 296 g/mol. The molecule has 0 aliphatic rings. The van der Waals surface area contributed by atoms with Crippen molar-refractivity contribution in [2.75, 3.05) is 6.54 Å². The molecular formula is C11H13BrN4O. The van der Waals surface area contributed by atoms with Crippen LogP contribution < -0.4 is 5.73 Å². The zero-order chi connectivity index (χ0) is 12.3. The van der Waals surface area contributed by atoms with Crippen LogP contribution in [-0.2, 0) is 0 Å². The Morgan fingerprint density at radius 2 is 2.29 bits per heavy atom. The van der Waals surface area contributed by atoms with Gasteiger partial charge in [-0.25, -0.2) is 0 Å². The van der Waals surface area contributed by atoms with Gasteiger partial charge in [-0.1, -0.05) is 12.1 Å². The first-order chi connectivity index (χ1) is 8.24. The molecule has 0 saturated carbocycles. The molecule has 2 aromatic heterocycles. The summed E-state index contributed by atoms with van der Waals surface area (Å²) in [5.41, 5.74) is 6.46. The van der Waals surface area contributed by atoms with Gasteiger partial charge in [0.25, 0.3) is 0 Å². The average Bonchev–Trinajstić information content (AvgIpc) is 2.80. The highest BCUT2D eigenvalue weighted by Crippen LogP contribution is 2.22. The molecule has 0 radical (unpaired) electrons. The summed E-state index contributed by atoms with van der Waals surface area (Å²) in [6, 6.07) is 1.89. The van der Waals surface area contributed by atoms with E-state index in [-0.39, 0.29) is 5.92 Å². The van der Waals surface area contributed by atoms with Gasteiger partial charge in [0.2, 0.25) is 11.7 Å². The van der Waals surface area contributed by atoms with Gasteiger partial charge in [-0.3, -0.25) is 4.98 Å². The topological polar surface area (TPSA) is 77.8 Å². The summed E-state index contributed by atoms with van der Waals surface area (Å²) in [5.74, 6) is 1.25. The lowest BCUT2D eigenvalue weighted by Crippen LogP contribution is -2.11. The highest BCUT2D eigenvalue weighted by molar-refractivity contribution is 9.10. The van der Waals surface area contributed by atoms with Gasteiger partial charge in [0.1, 0.15) is 0 Å². The lowest BCUT2D eigenvalue weighted by atomic mass is 10.1. The normalized spacial score (nSPS) is 12.6. The third-order valence-electron chi connectivity index (χ3n) is 2.53. The van der Waals surface area contributed by atoms with Crippen molar-refractivity contribution in [1.82, 2.24) is 15.1 Å². The van der Waals surface area contributed by atoms with Gasteiger partial charge >= 0.3 is 0 Å². The minimum atomic E-state index is 0.122. The van der Waals surface area contributed by atoms with E-state index in [0.717, 1.165) is 16.5 Å². The number of nitrogens with zero attached hydrogens (tertiary/aromatic N) is 3. The van der Waals surface area contributed by atoms with Crippen LogP contribution in [0.4, 0.5) is 0 Å². The van der Waals surface area contributed by atoms with Crippen LogP contribution >= 0.6 is 15.9 Å². The number of halogens is 1. The summed E-state index contributed by atoms with van der Waals surface area (Å²) in [5, 5.41) is 3.94. The van der Waals surface area contributed by atoms with Crippen LogP contribution in [0, 0.1) is 0 Å². The van der Waals surface area contributed by atoms with Crippen molar-refractivity contribution in [1.29, 1.82) is 0 Å². The van der Waals surface area contributed by atoms with E-state index in [0.29, 0.717) is 18.3 Å². The SMILES string of the molecule is CCC(CN)c1nc(-c2cncc(Br)c2)no1. The quantitative estimate of drug-likeness (QED) is 0.937. The van der Waals surface area contributed by atoms with Crippen LogP contribution in [0.5, 0.6) is 0 Å². The van der Waals surface area contributed by atoms with Crippen LogP contribution in [0.25, 0.3) is 11.4 Å². The van der Waals surface area contributed by atoms with Gasteiger partial charge in [-0.2, -0.15) is 4.98 Å². The summed E-state index contributed by atoms with van der Waals surface area (Å²) < 4.78 is 6.10. The molecule has 1 atom stereocenters. The van der Waals surface area contributed by atoms with Crippen molar-refractivity contribution in [3.63, 3.8) is 0 Å². The molecule has 0 aliphatic carbocycles. The molecule has 0 amide bonds. The lowest BCUT2D eigenvalue weighted by molar-refractivity contribution is 0.351. The molecule has 6 heteroatoms. The first-order valence-electron chi connectivity index (χ1n) is 5.39. The fraction of sp³-hybridized carbons (Fsp3) is 0.364. The van der Waals surface area contributed by atoms with Crippen LogP contribution in [0.15, 0.2) is 27.5 Å². The number of hydrogen-bond donors (Lipinski definition) is 1. The number of rotatable bonds is 4. The first kappa shape index (κ1) is 12.2. The van der Waals surface area contributed by atoms with Crippen LogP contribution in [0.1, 0.15) is 25.2 Å². The molecule has 17 heavy (non-hydrogen) atoms. The van der Waals surface area contributed by atoms with Gasteiger partial charge in [0, 0.05) is 29.0 Å². The van der Waals surface area contributed by atoms with Crippen LogP contribution in [0.2, 0.25) is 0 Å². The predicted molar refractivity (Wildman–Crippen MR) is 67.3 cm³/mol. The van der Waals surface area contributed by atoms with Crippen molar-refractivity contribution < 1.29 is 4.52 Å². The van der Waals surface area contributed by atoms with Gasteiger partial charge in [-0.05, 0) is 28.4 Å². The molecule has 0 saturated heterocycles. The third kappa shape index (κ3) is 2.70. The second-order valence-electron chi connectivity index (χ2n) is 3.69.